The van der Waals surface area contributed by atoms with Gasteiger partial charge in [-0.05, 0) is 75.6 Å². The van der Waals surface area contributed by atoms with E-state index in [0.29, 0.717) is 11.5 Å². The summed E-state index contributed by atoms with van der Waals surface area (Å²) < 4.78 is 3.48. The third-order valence-electron chi connectivity index (χ3n) is 6.24. The van der Waals surface area contributed by atoms with Crippen LogP contribution in [-0.4, -0.2) is 74.4 Å². The quantitative estimate of drug-likeness (QED) is 0.325. The lowest BCUT2D eigenvalue weighted by atomic mass is 10.1. The second-order valence-electron chi connectivity index (χ2n) is 9.55. The highest BCUT2D eigenvalue weighted by Gasteiger charge is 2.16. The Morgan fingerprint density at radius 1 is 1.00 bits per heavy atom. The number of rotatable bonds is 9. The average Bonchev–Trinajstić information content (AvgIpc) is 3.54. The highest BCUT2D eigenvalue weighted by atomic mass is 16.1. The molecule has 194 valence electrons. The van der Waals surface area contributed by atoms with E-state index in [2.05, 4.69) is 51.3 Å². The summed E-state index contributed by atoms with van der Waals surface area (Å²) in [7, 11) is 6.19. The molecular formula is C28H31N9O. The van der Waals surface area contributed by atoms with Crippen LogP contribution in [0.15, 0.2) is 73.2 Å². The lowest BCUT2D eigenvalue weighted by Gasteiger charge is -2.21. The van der Waals surface area contributed by atoms with E-state index in [1.807, 2.05) is 73.8 Å². The van der Waals surface area contributed by atoms with Crippen LogP contribution < -0.4 is 10.2 Å². The van der Waals surface area contributed by atoms with Crippen molar-refractivity contribution in [2.24, 2.45) is 0 Å². The number of fused-ring (bicyclic) bond motifs is 1. The van der Waals surface area contributed by atoms with Crippen LogP contribution in [0, 0.1) is 6.92 Å². The first-order valence-corrected chi connectivity index (χ1v) is 12.4. The van der Waals surface area contributed by atoms with Gasteiger partial charge in [-0.3, -0.25) is 4.79 Å². The second-order valence-corrected chi connectivity index (χ2v) is 9.55. The Hall–Kier alpha value is -4.57. The molecule has 0 atom stereocenters. The van der Waals surface area contributed by atoms with Gasteiger partial charge < -0.3 is 15.1 Å². The lowest BCUT2D eigenvalue weighted by molar-refractivity contribution is -0.115. The van der Waals surface area contributed by atoms with Crippen LogP contribution in [0.25, 0.3) is 22.7 Å². The SMILES string of the molecule is Cc1cccc(-n2nc(CC(=O)Nc3ccc(N(C)CCN(C)C)cc3)cc2-c2ccc3ncnn3c2)n1. The summed E-state index contributed by atoms with van der Waals surface area (Å²) in [5, 5.41) is 12.0. The minimum Gasteiger partial charge on any atom is -0.373 e. The summed E-state index contributed by atoms with van der Waals surface area (Å²) in [5.41, 5.74) is 5.82. The molecule has 38 heavy (non-hydrogen) atoms. The predicted octanol–water partition coefficient (Wildman–Crippen LogP) is 3.46. The molecule has 0 saturated carbocycles. The number of benzene rings is 1. The van der Waals surface area contributed by atoms with Crippen LogP contribution in [-0.2, 0) is 11.2 Å². The van der Waals surface area contributed by atoms with Crippen LogP contribution in [0.3, 0.4) is 0 Å². The molecular weight excluding hydrogens is 478 g/mol. The number of nitrogens with one attached hydrogen (secondary N) is 1. The molecule has 0 aliphatic carbocycles. The number of carbonyl (C=O) groups excluding carboxylic acids is 1. The highest BCUT2D eigenvalue weighted by molar-refractivity contribution is 5.92. The average molecular weight is 510 g/mol. The molecule has 0 radical (unpaired) electrons. The summed E-state index contributed by atoms with van der Waals surface area (Å²) in [6.07, 6.45) is 3.54. The molecule has 10 nitrogen and oxygen atoms in total. The summed E-state index contributed by atoms with van der Waals surface area (Å²) in [6, 6.07) is 19.4. The third kappa shape index (κ3) is 5.70. The Kier molecular flexibility index (Phi) is 7.14. The minimum absolute atomic E-state index is 0.127. The van der Waals surface area contributed by atoms with Gasteiger partial charge in [-0.1, -0.05) is 6.07 Å². The highest BCUT2D eigenvalue weighted by Crippen LogP contribution is 2.24. The number of anilines is 2. The number of likely N-dealkylation sites (N-methyl/N-ethyl adjacent to an activating group) is 2. The van der Waals surface area contributed by atoms with Crippen LogP contribution in [0.4, 0.5) is 11.4 Å². The number of nitrogens with zero attached hydrogens (tertiary/aromatic N) is 8. The number of aryl methyl sites for hydroxylation is 1. The van der Waals surface area contributed by atoms with E-state index >= 15 is 0 Å². The first kappa shape index (κ1) is 25.1. The topological polar surface area (TPSA) is 96.5 Å². The molecule has 0 unspecified atom stereocenters. The molecule has 10 heteroatoms. The first-order valence-electron chi connectivity index (χ1n) is 12.4. The smallest absolute Gasteiger partial charge is 0.230 e. The maximum Gasteiger partial charge on any atom is 0.230 e. The Labute approximate surface area is 221 Å². The molecule has 1 amide bonds. The molecule has 1 N–H and O–H groups in total. The summed E-state index contributed by atoms with van der Waals surface area (Å²) in [4.78, 5) is 26.2. The van der Waals surface area contributed by atoms with E-state index in [9.17, 15) is 4.79 Å². The summed E-state index contributed by atoms with van der Waals surface area (Å²) in [5.74, 6) is 0.540. The van der Waals surface area contributed by atoms with Gasteiger partial charge in [-0.15, -0.1) is 0 Å². The molecule has 0 fully saturated rings. The molecule has 5 aromatic rings. The Bertz CT molecular complexity index is 1550. The van der Waals surface area contributed by atoms with Crippen LogP contribution in [0.1, 0.15) is 11.4 Å². The molecule has 0 saturated heterocycles. The Morgan fingerprint density at radius 3 is 2.58 bits per heavy atom. The van der Waals surface area contributed by atoms with Crippen LogP contribution in [0.2, 0.25) is 0 Å². The molecule has 0 aliphatic heterocycles. The van der Waals surface area contributed by atoms with Gasteiger partial charge in [-0.25, -0.2) is 19.2 Å². The molecule has 0 bridgehead atoms. The zero-order valence-corrected chi connectivity index (χ0v) is 22.0. The van der Waals surface area contributed by atoms with Crippen molar-refractivity contribution in [2.45, 2.75) is 13.3 Å². The van der Waals surface area contributed by atoms with Crippen molar-refractivity contribution in [3.63, 3.8) is 0 Å². The molecule has 0 spiro atoms. The second kappa shape index (κ2) is 10.8. The number of pyridine rings is 2. The number of amides is 1. The minimum atomic E-state index is -0.140. The fraction of sp³-hybridized carbons (Fsp3) is 0.250. The van der Waals surface area contributed by atoms with Gasteiger partial charge in [0.15, 0.2) is 11.5 Å². The number of hydrogen-bond donors (Lipinski definition) is 1. The van der Waals surface area contributed by atoms with Crippen molar-refractivity contribution < 1.29 is 4.79 Å². The number of hydrogen-bond acceptors (Lipinski definition) is 7. The van der Waals surface area contributed by atoms with E-state index in [4.69, 9.17) is 5.10 Å². The van der Waals surface area contributed by atoms with Crippen molar-refractivity contribution >= 4 is 22.9 Å². The third-order valence-corrected chi connectivity index (χ3v) is 6.24. The van der Waals surface area contributed by atoms with Crippen LogP contribution >= 0.6 is 0 Å². The van der Waals surface area contributed by atoms with Crippen molar-refractivity contribution in [1.82, 2.24) is 34.3 Å². The number of aromatic nitrogens is 6. The summed E-state index contributed by atoms with van der Waals surface area (Å²) in [6.45, 7) is 3.82. The Balaban J connectivity index is 1.35. The first-order chi connectivity index (χ1) is 18.4. The summed E-state index contributed by atoms with van der Waals surface area (Å²) >= 11 is 0. The van der Waals surface area contributed by atoms with E-state index in [-0.39, 0.29) is 12.3 Å². The zero-order valence-electron chi connectivity index (χ0n) is 22.0. The fourth-order valence-electron chi connectivity index (χ4n) is 4.16. The molecule has 0 aliphatic rings. The van der Waals surface area contributed by atoms with Gasteiger partial charge >= 0.3 is 0 Å². The van der Waals surface area contributed by atoms with Crippen molar-refractivity contribution in [3.05, 3.63) is 84.6 Å². The number of carbonyl (C=O) groups is 1. The van der Waals surface area contributed by atoms with E-state index in [1.54, 1.807) is 9.20 Å². The van der Waals surface area contributed by atoms with E-state index in [0.717, 1.165) is 47.1 Å². The zero-order chi connectivity index (χ0) is 26.6. The monoisotopic (exact) mass is 509 g/mol. The van der Waals surface area contributed by atoms with Crippen molar-refractivity contribution in [3.8, 4) is 17.1 Å². The predicted molar refractivity (Wildman–Crippen MR) is 149 cm³/mol. The van der Waals surface area contributed by atoms with Gasteiger partial charge in [0.2, 0.25) is 5.91 Å². The maximum atomic E-state index is 13.0. The standard InChI is InChI=1S/C28H31N9O/c1-20-6-5-7-27(31-20)37-25(21-8-13-26-29-19-30-36(26)18-21)16-23(33-37)17-28(38)32-22-9-11-24(12-10-22)35(4)15-14-34(2)3/h5-13,16,18-19H,14-15,17H2,1-4H3,(H,32,38). The largest absolute Gasteiger partial charge is 0.373 e. The molecule has 1 aromatic carbocycles. The van der Waals surface area contributed by atoms with Gasteiger partial charge in [0.1, 0.15) is 6.33 Å². The molecule has 4 heterocycles. The maximum absolute atomic E-state index is 13.0. The van der Waals surface area contributed by atoms with E-state index < -0.39 is 0 Å². The van der Waals surface area contributed by atoms with Gasteiger partial charge in [0, 0.05) is 49.0 Å². The van der Waals surface area contributed by atoms with Crippen molar-refractivity contribution in [1.29, 1.82) is 0 Å². The van der Waals surface area contributed by atoms with Gasteiger partial charge in [0.05, 0.1) is 17.8 Å². The van der Waals surface area contributed by atoms with E-state index in [1.165, 1.54) is 6.33 Å². The Morgan fingerprint density at radius 2 is 1.82 bits per heavy atom. The fourth-order valence-corrected chi connectivity index (χ4v) is 4.16. The van der Waals surface area contributed by atoms with Crippen molar-refractivity contribution in [2.75, 3.05) is 44.4 Å². The van der Waals surface area contributed by atoms with Crippen LogP contribution in [0.5, 0.6) is 0 Å². The lowest BCUT2D eigenvalue weighted by Crippen LogP contribution is -2.28. The molecule has 4 aromatic heterocycles. The normalized spacial score (nSPS) is 11.3. The van der Waals surface area contributed by atoms with Gasteiger partial charge in [0.25, 0.3) is 0 Å². The molecule has 5 rings (SSSR count). The van der Waals surface area contributed by atoms with Gasteiger partial charge in [-0.2, -0.15) is 10.2 Å².